The number of carbonyl (C=O) groups excluding carboxylic acids is 2. The Bertz CT molecular complexity index is 1200. The Morgan fingerprint density at radius 1 is 1.18 bits per heavy atom. The first-order chi connectivity index (χ1) is 16.0. The second-order valence-corrected chi connectivity index (χ2v) is 8.96. The number of likely N-dealkylation sites (N-methyl/N-ethyl adjacent to an activating group) is 1. The molecule has 1 N–H and O–H groups in total. The van der Waals surface area contributed by atoms with E-state index in [1.54, 1.807) is 11.1 Å². The minimum Gasteiger partial charge on any atom is -0.493 e. The molecule has 0 aliphatic carbocycles. The predicted molar refractivity (Wildman–Crippen MR) is 124 cm³/mol. The Balaban J connectivity index is 1.24. The monoisotopic (exact) mass is 447 g/mol. The van der Waals surface area contributed by atoms with Crippen LogP contribution in [0.4, 0.5) is 0 Å². The SMILES string of the molecule is Cc1ccc2nc(C(=O)N3CCN(C)[C@@H](C(=O)NCc4ccc5c(c4)CCCO5)C3)cn2c1. The maximum Gasteiger partial charge on any atom is 0.274 e. The van der Waals surface area contributed by atoms with Crippen LogP contribution < -0.4 is 10.1 Å². The topological polar surface area (TPSA) is 79.2 Å². The van der Waals surface area contributed by atoms with Gasteiger partial charge >= 0.3 is 0 Å². The maximum absolute atomic E-state index is 13.1. The lowest BCUT2D eigenvalue weighted by Crippen LogP contribution is -2.58. The van der Waals surface area contributed by atoms with Crippen LogP contribution in [0.1, 0.15) is 33.6 Å². The Morgan fingerprint density at radius 3 is 2.94 bits per heavy atom. The van der Waals surface area contributed by atoms with Gasteiger partial charge in [-0.3, -0.25) is 14.5 Å². The fraction of sp³-hybridized carbons (Fsp3) is 0.400. The highest BCUT2D eigenvalue weighted by Crippen LogP contribution is 2.25. The summed E-state index contributed by atoms with van der Waals surface area (Å²) in [7, 11) is 1.93. The van der Waals surface area contributed by atoms with Gasteiger partial charge < -0.3 is 19.4 Å². The number of hydrogen-bond acceptors (Lipinski definition) is 5. The molecular weight excluding hydrogens is 418 g/mol. The van der Waals surface area contributed by atoms with E-state index in [2.05, 4.69) is 16.4 Å². The second-order valence-electron chi connectivity index (χ2n) is 8.96. The van der Waals surface area contributed by atoms with Crippen LogP contribution in [0.25, 0.3) is 5.65 Å². The van der Waals surface area contributed by atoms with Crippen LogP contribution in [0.3, 0.4) is 0 Å². The van der Waals surface area contributed by atoms with Crippen molar-refractivity contribution in [3.8, 4) is 5.75 Å². The van der Waals surface area contributed by atoms with E-state index in [1.165, 1.54) is 5.56 Å². The summed E-state index contributed by atoms with van der Waals surface area (Å²) in [5.41, 5.74) is 4.49. The van der Waals surface area contributed by atoms with Gasteiger partial charge in [0.25, 0.3) is 5.91 Å². The number of carbonyl (C=O) groups is 2. The summed E-state index contributed by atoms with van der Waals surface area (Å²) in [4.78, 5) is 34.4. The number of nitrogens with one attached hydrogen (secondary N) is 1. The van der Waals surface area contributed by atoms with Gasteiger partial charge in [-0.2, -0.15) is 0 Å². The summed E-state index contributed by atoms with van der Waals surface area (Å²) in [5, 5.41) is 3.05. The van der Waals surface area contributed by atoms with E-state index >= 15 is 0 Å². The van der Waals surface area contributed by atoms with E-state index in [-0.39, 0.29) is 11.8 Å². The van der Waals surface area contributed by atoms with Crippen LogP contribution in [0.2, 0.25) is 0 Å². The number of aromatic nitrogens is 2. The molecule has 0 bridgehead atoms. The quantitative estimate of drug-likeness (QED) is 0.662. The van der Waals surface area contributed by atoms with Crippen LogP contribution in [-0.4, -0.2) is 70.3 Å². The molecule has 2 aliphatic heterocycles. The normalized spacial score (nSPS) is 18.6. The molecule has 1 saturated heterocycles. The van der Waals surface area contributed by atoms with Crippen molar-refractivity contribution >= 4 is 17.5 Å². The van der Waals surface area contributed by atoms with Crippen molar-refractivity contribution < 1.29 is 14.3 Å². The van der Waals surface area contributed by atoms with Crippen molar-refractivity contribution in [1.82, 2.24) is 24.5 Å². The number of rotatable bonds is 4. The van der Waals surface area contributed by atoms with Crippen LogP contribution in [-0.2, 0) is 17.8 Å². The van der Waals surface area contributed by atoms with Gasteiger partial charge in [-0.15, -0.1) is 0 Å². The van der Waals surface area contributed by atoms with Gasteiger partial charge in [0.15, 0.2) is 0 Å². The third-order valence-electron chi connectivity index (χ3n) is 6.50. The number of pyridine rings is 1. The lowest BCUT2D eigenvalue weighted by molar-refractivity contribution is -0.127. The van der Waals surface area contributed by atoms with E-state index in [9.17, 15) is 9.59 Å². The zero-order valence-corrected chi connectivity index (χ0v) is 19.1. The smallest absolute Gasteiger partial charge is 0.274 e. The van der Waals surface area contributed by atoms with E-state index in [1.807, 2.05) is 53.7 Å². The highest BCUT2D eigenvalue weighted by atomic mass is 16.5. The van der Waals surface area contributed by atoms with Gasteiger partial charge in [0.2, 0.25) is 5.91 Å². The molecule has 2 amide bonds. The highest BCUT2D eigenvalue weighted by molar-refractivity contribution is 5.93. The van der Waals surface area contributed by atoms with E-state index in [0.29, 0.717) is 31.9 Å². The zero-order chi connectivity index (χ0) is 22.9. The molecule has 0 unspecified atom stereocenters. The molecule has 2 aromatic heterocycles. The second kappa shape index (κ2) is 8.86. The third-order valence-corrected chi connectivity index (χ3v) is 6.50. The van der Waals surface area contributed by atoms with Crippen molar-refractivity contribution in [1.29, 1.82) is 0 Å². The summed E-state index contributed by atoms with van der Waals surface area (Å²) < 4.78 is 7.54. The molecule has 172 valence electrons. The summed E-state index contributed by atoms with van der Waals surface area (Å²) in [6.45, 7) is 4.76. The highest BCUT2D eigenvalue weighted by Gasteiger charge is 2.33. The minimum atomic E-state index is -0.400. The number of piperazine rings is 1. The number of amides is 2. The Kier molecular flexibility index (Phi) is 5.76. The maximum atomic E-state index is 13.1. The first kappa shape index (κ1) is 21.5. The number of imidazole rings is 1. The molecule has 2 aliphatic rings. The minimum absolute atomic E-state index is 0.0744. The molecule has 0 saturated carbocycles. The van der Waals surface area contributed by atoms with Crippen molar-refractivity contribution in [2.24, 2.45) is 0 Å². The van der Waals surface area contributed by atoms with Crippen LogP contribution >= 0.6 is 0 Å². The van der Waals surface area contributed by atoms with Gasteiger partial charge in [0.1, 0.15) is 23.1 Å². The van der Waals surface area contributed by atoms with Crippen molar-refractivity contribution in [2.45, 2.75) is 32.4 Å². The Hall–Kier alpha value is -3.39. The fourth-order valence-corrected chi connectivity index (χ4v) is 4.54. The molecule has 33 heavy (non-hydrogen) atoms. The van der Waals surface area contributed by atoms with E-state index < -0.39 is 6.04 Å². The summed E-state index contributed by atoms with van der Waals surface area (Å²) in [6.07, 6.45) is 5.73. The Labute approximate surface area is 193 Å². The van der Waals surface area contributed by atoms with E-state index in [0.717, 1.165) is 42.0 Å². The first-order valence-corrected chi connectivity index (χ1v) is 11.4. The van der Waals surface area contributed by atoms with Gasteiger partial charge in [0, 0.05) is 38.6 Å². The standard InChI is InChI=1S/C25H29N5O3/c1-17-5-8-23-27-20(15-30(23)14-17)25(32)29-10-9-28(2)21(16-29)24(31)26-13-18-6-7-22-19(12-18)4-3-11-33-22/h5-8,12,14-15,21H,3-4,9-11,13,16H2,1-2H3,(H,26,31)/t21-/m1/s1. The molecule has 5 rings (SSSR count). The number of hydrogen-bond donors (Lipinski definition) is 1. The molecule has 8 heteroatoms. The van der Waals surface area contributed by atoms with Crippen LogP contribution in [0.5, 0.6) is 5.75 Å². The van der Waals surface area contributed by atoms with Crippen molar-refractivity contribution in [3.05, 3.63) is 65.1 Å². The molecule has 0 radical (unpaired) electrons. The van der Waals surface area contributed by atoms with Crippen LogP contribution in [0, 0.1) is 6.92 Å². The Morgan fingerprint density at radius 2 is 2.06 bits per heavy atom. The number of benzene rings is 1. The molecular formula is C25H29N5O3. The van der Waals surface area contributed by atoms with Gasteiger partial charge in [-0.05, 0) is 55.6 Å². The summed E-state index contributed by atoms with van der Waals surface area (Å²) >= 11 is 0. The lowest BCUT2D eigenvalue weighted by atomic mass is 10.0. The number of aryl methyl sites for hydroxylation is 2. The van der Waals surface area contributed by atoms with Gasteiger partial charge in [-0.1, -0.05) is 18.2 Å². The van der Waals surface area contributed by atoms with E-state index in [4.69, 9.17) is 4.74 Å². The molecule has 1 aromatic carbocycles. The summed E-state index contributed by atoms with van der Waals surface area (Å²) in [6, 6.07) is 9.57. The average Bonchev–Trinajstić information content (AvgIpc) is 3.25. The van der Waals surface area contributed by atoms with Gasteiger partial charge in [-0.25, -0.2) is 4.98 Å². The van der Waals surface area contributed by atoms with Gasteiger partial charge in [0.05, 0.1) is 6.61 Å². The molecule has 1 atom stereocenters. The molecule has 3 aromatic rings. The lowest BCUT2D eigenvalue weighted by Gasteiger charge is -2.38. The third kappa shape index (κ3) is 4.43. The van der Waals surface area contributed by atoms with Crippen molar-refractivity contribution in [2.75, 3.05) is 33.3 Å². The zero-order valence-electron chi connectivity index (χ0n) is 19.1. The number of fused-ring (bicyclic) bond motifs is 2. The van der Waals surface area contributed by atoms with Crippen LogP contribution in [0.15, 0.2) is 42.7 Å². The number of ether oxygens (including phenoxy) is 1. The fourth-order valence-electron chi connectivity index (χ4n) is 4.54. The molecule has 4 heterocycles. The molecule has 1 fully saturated rings. The van der Waals surface area contributed by atoms with Crippen molar-refractivity contribution in [3.63, 3.8) is 0 Å². The largest absolute Gasteiger partial charge is 0.493 e. The first-order valence-electron chi connectivity index (χ1n) is 11.4. The molecule has 0 spiro atoms. The number of nitrogens with zero attached hydrogens (tertiary/aromatic N) is 4. The predicted octanol–water partition coefficient (Wildman–Crippen LogP) is 2.04. The molecule has 8 nitrogen and oxygen atoms in total. The summed E-state index contributed by atoms with van der Waals surface area (Å²) in [5.74, 6) is 0.728. The average molecular weight is 448 g/mol.